The average molecular weight is 262 g/mol. The molecule has 0 fully saturated rings. The first-order valence-corrected chi connectivity index (χ1v) is 7.05. The summed E-state index contributed by atoms with van der Waals surface area (Å²) < 4.78 is 0. The second-order valence-corrected chi connectivity index (χ2v) is 5.66. The first-order chi connectivity index (χ1) is 9.67. The van der Waals surface area contributed by atoms with Crippen molar-refractivity contribution in [3.8, 4) is 11.1 Å². The number of allylic oxidation sites excluding steroid dienone is 2. The van der Waals surface area contributed by atoms with Crippen LogP contribution in [0.4, 0.5) is 0 Å². The van der Waals surface area contributed by atoms with Gasteiger partial charge in [0, 0.05) is 11.8 Å². The summed E-state index contributed by atoms with van der Waals surface area (Å²) in [5, 5.41) is 0. The Bertz CT molecular complexity index is 637. The van der Waals surface area contributed by atoms with Gasteiger partial charge in [0.05, 0.1) is 0 Å². The highest BCUT2D eigenvalue weighted by atomic mass is 16.1. The fraction of sp³-hybridized carbons (Fsp3) is 0.211. The quantitative estimate of drug-likeness (QED) is 0.777. The molecule has 0 N–H and O–H groups in total. The monoisotopic (exact) mass is 262 g/mol. The van der Waals surface area contributed by atoms with Gasteiger partial charge in [0.25, 0.3) is 0 Å². The first kappa shape index (κ1) is 12.9. The molecule has 0 aliphatic heterocycles. The Morgan fingerprint density at radius 1 is 0.900 bits per heavy atom. The molecule has 0 aromatic heterocycles. The molecule has 2 aromatic rings. The van der Waals surface area contributed by atoms with E-state index in [0.29, 0.717) is 6.42 Å². The molecule has 1 nitrogen and oxygen atoms in total. The van der Waals surface area contributed by atoms with Crippen LogP contribution in [-0.4, -0.2) is 5.78 Å². The van der Waals surface area contributed by atoms with Crippen molar-refractivity contribution in [1.29, 1.82) is 0 Å². The fourth-order valence-electron chi connectivity index (χ4n) is 2.74. The summed E-state index contributed by atoms with van der Waals surface area (Å²) in [4.78, 5) is 11.3. The standard InChI is InChI=1S/C19H18O/c1-19(13-11-18(20)12-14-19)17-9-7-16(8-10-17)15-5-3-2-4-6-15/h2-11,13H,12,14H2,1H3/t19-/m0/s1. The first-order valence-electron chi connectivity index (χ1n) is 7.05. The summed E-state index contributed by atoms with van der Waals surface area (Å²) in [6.45, 7) is 2.20. The molecule has 20 heavy (non-hydrogen) atoms. The molecule has 2 aromatic carbocycles. The molecule has 0 saturated carbocycles. The molecule has 1 aliphatic carbocycles. The van der Waals surface area contributed by atoms with E-state index >= 15 is 0 Å². The van der Waals surface area contributed by atoms with E-state index in [2.05, 4.69) is 61.5 Å². The Hall–Kier alpha value is -2.15. The number of carbonyl (C=O) groups excluding carboxylic acids is 1. The summed E-state index contributed by atoms with van der Waals surface area (Å²) in [6, 6.07) is 19.1. The van der Waals surface area contributed by atoms with Crippen molar-refractivity contribution < 1.29 is 4.79 Å². The summed E-state index contributed by atoms with van der Waals surface area (Å²) >= 11 is 0. The maximum absolute atomic E-state index is 11.3. The minimum Gasteiger partial charge on any atom is -0.295 e. The van der Waals surface area contributed by atoms with Crippen molar-refractivity contribution in [1.82, 2.24) is 0 Å². The van der Waals surface area contributed by atoms with Crippen LogP contribution in [-0.2, 0) is 10.2 Å². The van der Waals surface area contributed by atoms with Crippen LogP contribution in [0.25, 0.3) is 11.1 Å². The minimum absolute atomic E-state index is 0.0108. The molecular formula is C19H18O. The Balaban J connectivity index is 1.90. The van der Waals surface area contributed by atoms with Crippen LogP contribution in [0.1, 0.15) is 25.3 Å². The van der Waals surface area contributed by atoms with Gasteiger partial charge in [-0.25, -0.2) is 0 Å². The van der Waals surface area contributed by atoms with E-state index in [9.17, 15) is 4.79 Å². The SMILES string of the molecule is C[C@]1(c2ccc(-c3ccccc3)cc2)C=CC(=O)CC1. The lowest BCUT2D eigenvalue weighted by molar-refractivity contribution is -0.115. The molecule has 0 saturated heterocycles. The van der Waals surface area contributed by atoms with Crippen molar-refractivity contribution in [3.05, 3.63) is 72.3 Å². The van der Waals surface area contributed by atoms with Gasteiger partial charge in [0.2, 0.25) is 0 Å². The fourth-order valence-corrected chi connectivity index (χ4v) is 2.74. The number of hydrogen-bond donors (Lipinski definition) is 0. The molecule has 1 atom stereocenters. The number of carbonyl (C=O) groups is 1. The van der Waals surface area contributed by atoms with E-state index in [-0.39, 0.29) is 11.2 Å². The van der Waals surface area contributed by atoms with Gasteiger partial charge in [-0.1, -0.05) is 67.6 Å². The van der Waals surface area contributed by atoms with Crippen LogP contribution < -0.4 is 0 Å². The van der Waals surface area contributed by atoms with Gasteiger partial charge >= 0.3 is 0 Å². The molecule has 1 aliphatic rings. The van der Waals surface area contributed by atoms with Gasteiger partial charge in [-0.3, -0.25) is 4.79 Å². The predicted molar refractivity (Wildman–Crippen MR) is 82.6 cm³/mol. The van der Waals surface area contributed by atoms with E-state index in [0.717, 1.165) is 6.42 Å². The molecule has 0 amide bonds. The Morgan fingerprint density at radius 2 is 1.55 bits per heavy atom. The average Bonchev–Trinajstić information content (AvgIpc) is 2.52. The van der Waals surface area contributed by atoms with Crippen molar-refractivity contribution in [3.63, 3.8) is 0 Å². The zero-order valence-corrected chi connectivity index (χ0v) is 11.7. The maximum Gasteiger partial charge on any atom is 0.155 e. The van der Waals surface area contributed by atoms with Crippen molar-refractivity contribution in [2.75, 3.05) is 0 Å². The molecule has 0 unspecified atom stereocenters. The number of benzene rings is 2. The number of ketones is 1. The minimum atomic E-state index is -0.0108. The molecule has 0 bridgehead atoms. The normalized spacial score (nSPS) is 21.9. The van der Waals surface area contributed by atoms with Crippen LogP contribution in [0.5, 0.6) is 0 Å². The highest BCUT2D eigenvalue weighted by molar-refractivity contribution is 5.91. The lowest BCUT2D eigenvalue weighted by atomic mass is 9.75. The molecule has 100 valence electrons. The molecule has 1 heteroatoms. The molecule has 0 radical (unpaired) electrons. The lowest BCUT2D eigenvalue weighted by Crippen LogP contribution is -2.23. The van der Waals surface area contributed by atoms with Gasteiger partial charge in [-0.15, -0.1) is 0 Å². The van der Waals surface area contributed by atoms with Crippen LogP contribution in [0.3, 0.4) is 0 Å². The highest BCUT2D eigenvalue weighted by Gasteiger charge is 2.27. The van der Waals surface area contributed by atoms with Gasteiger partial charge in [0.15, 0.2) is 5.78 Å². The van der Waals surface area contributed by atoms with E-state index in [4.69, 9.17) is 0 Å². The molecule has 3 rings (SSSR count). The van der Waals surface area contributed by atoms with E-state index in [1.54, 1.807) is 6.08 Å². The Labute approximate surface area is 120 Å². The van der Waals surface area contributed by atoms with Crippen LogP contribution in [0.2, 0.25) is 0 Å². The third kappa shape index (κ3) is 2.44. The largest absolute Gasteiger partial charge is 0.295 e. The van der Waals surface area contributed by atoms with Crippen molar-refractivity contribution >= 4 is 5.78 Å². The van der Waals surface area contributed by atoms with E-state index in [1.165, 1.54) is 16.7 Å². The Morgan fingerprint density at radius 3 is 2.15 bits per heavy atom. The van der Waals surface area contributed by atoms with Gasteiger partial charge < -0.3 is 0 Å². The second kappa shape index (κ2) is 5.09. The molecular weight excluding hydrogens is 244 g/mol. The third-order valence-corrected chi connectivity index (χ3v) is 4.18. The topological polar surface area (TPSA) is 17.1 Å². The number of hydrogen-bond acceptors (Lipinski definition) is 1. The van der Waals surface area contributed by atoms with E-state index < -0.39 is 0 Å². The second-order valence-electron chi connectivity index (χ2n) is 5.66. The molecule has 0 spiro atoms. The lowest BCUT2D eigenvalue weighted by Gasteiger charge is -2.29. The van der Waals surface area contributed by atoms with Crippen molar-refractivity contribution in [2.45, 2.75) is 25.2 Å². The summed E-state index contributed by atoms with van der Waals surface area (Å²) in [7, 11) is 0. The van der Waals surface area contributed by atoms with E-state index in [1.807, 2.05) is 6.07 Å². The zero-order valence-electron chi connectivity index (χ0n) is 11.7. The van der Waals surface area contributed by atoms with Crippen LogP contribution >= 0.6 is 0 Å². The number of rotatable bonds is 2. The van der Waals surface area contributed by atoms with Crippen molar-refractivity contribution in [2.24, 2.45) is 0 Å². The van der Waals surface area contributed by atoms with Gasteiger partial charge in [-0.05, 0) is 29.2 Å². The predicted octanol–water partition coefficient (Wildman–Crippen LogP) is 4.53. The highest BCUT2D eigenvalue weighted by Crippen LogP contribution is 2.34. The summed E-state index contributed by atoms with van der Waals surface area (Å²) in [5.74, 6) is 0.239. The smallest absolute Gasteiger partial charge is 0.155 e. The third-order valence-electron chi connectivity index (χ3n) is 4.18. The van der Waals surface area contributed by atoms with Crippen LogP contribution in [0, 0.1) is 0 Å². The van der Waals surface area contributed by atoms with Crippen LogP contribution in [0.15, 0.2) is 66.7 Å². The summed E-state index contributed by atoms with van der Waals surface area (Å²) in [6.07, 6.45) is 5.32. The maximum atomic E-state index is 11.3. The zero-order chi connectivity index (χ0) is 14.0. The Kier molecular flexibility index (Phi) is 3.27. The molecule has 0 heterocycles. The van der Waals surface area contributed by atoms with Gasteiger partial charge in [0.1, 0.15) is 0 Å². The van der Waals surface area contributed by atoms with Gasteiger partial charge in [-0.2, -0.15) is 0 Å². The summed E-state index contributed by atoms with van der Waals surface area (Å²) in [5.41, 5.74) is 3.73.